The fraction of sp³-hybridized carbons (Fsp3) is 0.409. The van der Waals surface area contributed by atoms with Crippen LogP contribution in [-0.2, 0) is 10.0 Å². The number of benzene rings is 1. The van der Waals surface area contributed by atoms with Gasteiger partial charge in [0.25, 0.3) is 0 Å². The summed E-state index contributed by atoms with van der Waals surface area (Å²) in [5, 5.41) is 15.9. The fourth-order valence-electron chi connectivity index (χ4n) is 3.16. The van der Waals surface area contributed by atoms with E-state index in [1.54, 1.807) is 29.8 Å². The number of nitrogens with one attached hydrogen (secondary N) is 2. The van der Waals surface area contributed by atoms with E-state index in [2.05, 4.69) is 25.3 Å². The van der Waals surface area contributed by atoms with E-state index >= 15 is 0 Å². The molecule has 10 nitrogen and oxygen atoms in total. The molecule has 0 saturated carbocycles. The van der Waals surface area contributed by atoms with Gasteiger partial charge in [-0.3, -0.25) is 0 Å². The van der Waals surface area contributed by atoms with Gasteiger partial charge in [0.1, 0.15) is 22.2 Å². The van der Waals surface area contributed by atoms with Crippen molar-refractivity contribution < 1.29 is 17.9 Å². The summed E-state index contributed by atoms with van der Waals surface area (Å²) in [6.07, 6.45) is 0. The highest BCUT2D eigenvalue weighted by atomic mass is 32.2. The molecule has 0 spiro atoms. The molecule has 2 aromatic heterocycles. The van der Waals surface area contributed by atoms with Gasteiger partial charge in [-0.1, -0.05) is 0 Å². The first-order valence-electron chi connectivity index (χ1n) is 10.8. The predicted molar refractivity (Wildman–Crippen MR) is 126 cm³/mol. The minimum atomic E-state index is -3.80. The molecule has 0 radical (unpaired) electrons. The highest BCUT2D eigenvalue weighted by molar-refractivity contribution is 7.89. The molecule has 0 atom stereocenters. The topological polar surface area (TPSA) is 120 Å². The minimum Gasteiger partial charge on any atom is -0.494 e. The highest BCUT2D eigenvalue weighted by Gasteiger charge is 2.20. The Balaban J connectivity index is 1.61. The predicted octanol–water partition coefficient (Wildman–Crippen LogP) is 2.78. The molecule has 0 bridgehead atoms. The standard InChI is InChI=1S/C22H30N6O4S/c1-6-31-18-8-9-19(32-7-2)20(14-18)33(29,30)24-13-12-23-21-10-11-22(26-25-21)28-17(5)15(3)16(4)27-28/h8-11,14,24H,6-7,12-13H2,1-5H3,(H,23,25). The summed E-state index contributed by atoms with van der Waals surface area (Å²) in [5.74, 6) is 1.90. The van der Waals surface area contributed by atoms with E-state index in [1.807, 2.05) is 33.8 Å². The zero-order valence-corrected chi connectivity index (χ0v) is 20.4. The van der Waals surface area contributed by atoms with Crippen LogP contribution in [0, 0.1) is 20.8 Å². The van der Waals surface area contributed by atoms with Crippen LogP contribution in [0.1, 0.15) is 30.8 Å². The van der Waals surface area contributed by atoms with Crippen LogP contribution in [0.3, 0.4) is 0 Å². The Morgan fingerprint density at radius 1 is 0.970 bits per heavy atom. The van der Waals surface area contributed by atoms with Crippen LogP contribution in [0.15, 0.2) is 35.2 Å². The van der Waals surface area contributed by atoms with Crippen molar-refractivity contribution >= 4 is 15.8 Å². The maximum absolute atomic E-state index is 12.8. The molecule has 0 saturated heterocycles. The largest absolute Gasteiger partial charge is 0.494 e. The van der Waals surface area contributed by atoms with E-state index < -0.39 is 10.0 Å². The number of hydrogen-bond donors (Lipinski definition) is 2. The lowest BCUT2D eigenvalue weighted by molar-refractivity contribution is 0.322. The third-order valence-corrected chi connectivity index (χ3v) is 6.54. The number of hydrogen-bond acceptors (Lipinski definition) is 8. The van der Waals surface area contributed by atoms with Gasteiger partial charge < -0.3 is 14.8 Å². The van der Waals surface area contributed by atoms with Gasteiger partial charge in [-0.15, -0.1) is 10.2 Å². The maximum Gasteiger partial charge on any atom is 0.244 e. The molecule has 0 aliphatic heterocycles. The average Bonchev–Trinajstić information content (AvgIpc) is 3.06. The molecule has 0 aliphatic carbocycles. The molecular weight excluding hydrogens is 444 g/mol. The van der Waals surface area contributed by atoms with Gasteiger partial charge in [0.05, 0.1) is 18.9 Å². The van der Waals surface area contributed by atoms with Crippen LogP contribution in [0.5, 0.6) is 11.5 Å². The zero-order chi connectivity index (χ0) is 24.0. The van der Waals surface area contributed by atoms with Crippen LogP contribution in [-0.4, -0.2) is 54.7 Å². The SMILES string of the molecule is CCOc1ccc(OCC)c(S(=O)(=O)NCCNc2ccc(-n3nc(C)c(C)c3C)nn2)c1. The van der Waals surface area contributed by atoms with Gasteiger partial charge in [0.15, 0.2) is 5.82 Å². The number of nitrogens with zero attached hydrogens (tertiary/aromatic N) is 4. The third-order valence-electron chi connectivity index (χ3n) is 5.06. The minimum absolute atomic E-state index is 0.0413. The second-order valence-electron chi connectivity index (χ2n) is 7.28. The van der Waals surface area contributed by atoms with Gasteiger partial charge in [-0.25, -0.2) is 17.8 Å². The molecule has 178 valence electrons. The molecule has 2 heterocycles. The summed E-state index contributed by atoms with van der Waals surface area (Å²) in [6, 6.07) is 8.34. The molecule has 3 aromatic rings. The van der Waals surface area contributed by atoms with E-state index in [0.29, 0.717) is 37.1 Å². The first-order chi connectivity index (χ1) is 15.8. The lowest BCUT2D eigenvalue weighted by Crippen LogP contribution is -2.29. The Labute approximate surface area is 194 Å². The van der Waals surface area contributed by atoms with Crippen molar-refractivity contribution in [1.29, 1.82) is 0 Å². The number of ether oxygens (including phenoxy) is 2. The fourth-order valence-corrected chi connectivity index (χ4v) is 4.35. The van der Waals surface area contributed by atoms with Crippen LogP contribution in [0.25, 0.3) is 5.82 Å². The molecule has 0 amide bonds. The van der Waals surface area contributed by atoms with Crippen molar-refractivity contribution in [3.05, 3.63) is 47.3 Å². The summed E-state index contributed by atoms with van der Waals surface area (Å²) < 4.78 is 40.9. The average molecular weight is 475 g/mol. The van der Waals surface area contributed by atoms with Crippen molar-refractivity contribution in [3.8, 4) is 17.3 Å². The summed E-state index contributed by atoms with van der Waals surface area (Å²) in [7, 11) is -3.80. The molecule has 3 rings (SSSR count). The number of sulfonamides is 1. The summed E-state index contributed by atoms with van der Waals surface area (Å²) in [6.45, 7) is 10.8. The van der Waals surface area contributed by atoms with E-state index in [9.17, 15) is 8.42 Å². The smallest absolute Gasteiger partial charge is 0.244 e. The first kappa shape index (κ1) is 24.5. The molecule has 0 fully saturated rings. The van der Waals surface area contributed by atoms with E-state index in [-0.39, 0.29) is 17.2 Å². The van der Waals surface area contributed by atoms with Crippen molar-refractivity contribution in [2.75, 3.05) is 31.6 Å². The second-order valence-corrected chi connectivity index (χ2v) is 9.02. The lowest BCUT2D eigenvalue weighted by atomic mass is 10.2. The Bertz CT molecular complexity index is 1190. The summed E-state index contributed by atoms with van der Waals surface area (Å²) in [4.78, 5) is 0.0413. The molecule has 2 N–H and O–H groups in total. The van der Waals surface area contributed by atoms with Gasteiger partial charge in [-0.05, 0) is 64.4 Å². The summed E-state index contributed by atoms with van der Waals surface area (Å²) >= 11 is 0. The molecule has 0 unspecified atom stereocenters. The first-order valence-corrected chi connectivity index (χ1v) is 12.2. The third kappa shape index (κ3) is 5.79. The molecule has 0 aliphatic rings. The zero-order valence-electron chi connectivity index (χ0n) is 19.5. The Hall–Kier alpha value is -3.18. The molecular formula is C22H30N6O4S. The molecule has 1 aromatic carbocycles. The quantitative estimate of drug-likeness (QED) is 0.407. The Kier molecular flexibility index (Phi) is 7.88. The van der Waals surface area contributed by atoms with E-state index in [4.69, 9.17) is 9.47 Å². The van der Waals surface area contributed by atoms with Crippen LogP contribution in [0.2, 0.25) is 0 Å². The van der Waals surface area contributed by atoms with Crippen molar-refractivity contribution in [3.63, 3.8) is 0 Å². The Morgan fingerprint density at radius 2 is 1.73 bits per heavy atom. The van der Waals surface area contributed by atoms with Gasteiger partial charge >= 0.3 is 0 Å². The second kappa shape index (κ2) is 10.6. The monoisotopic (exact) mass is 474 g/mol. The van der Waals surface area contributed by atoms with Gasteiger partial charge in [0.2, 0.25) is 10.0 Å². The van der Waals surface area contributed by atoms with Crippen molar-refractivity contribution in [2.24, 2.45) is 0 Å². The van der Waals surface area contributed by atoms with Crippen LogP contribution < -0.4 is 19.5 Å². The van der Waals surface area contributed by atoms with Crippen molar-refractivity contribution in [1.82, 2.24) is 24.7 Å². The number of rotatable bonds is 11. The van der Waals surface area contributed by atoms with Crippen LogP contribution >= 0.6 is 0 Å². The normalized spacial score (nSPS) is 11.4. The maximum atomic E-state index is 12.8. The molecule has 11 heteroatoms. The number of aryl methyl sites for hydroxylation is 1. The lowest BCUT2D eigenvalue weighted by Gasteiger charge is -2.14. The summed E-state index contributed by atoms with van der Waals surface area (Å²) in [5.41, 5.74) is 3.07. The van der Waals surface area contributed by atoms with Gasteiger partial charge in [-0.2, -0.15) is 5.10 Å². The highest BCUT2D eigenvalue weighted by Crippen LogP contribution is 2.28. The van der Waals surface area contributed by atoms with E-state index in [1.165, 1.54) is 6.07 Å². The van der Waals surface area contributed by atoms with Crippen LogP contribution in [0.4, 0.5) is 5.82 Å². The number of aromatic nitrogens is 4. The number of anilines is 1. The van der Waals surface area contributed by atoms with Gasteiger partial charge in [0, 0.05) is 24.8 Å². The van der Waals surface area contributed by atoms with Crippen molar-refractivity contribution in [2.45, 2.75) is 39.5 Å². The van der Waals surface area contributed by atoms with E-state index in [0.717, 1.165) is 17.0 Å². The molecule has 33 heavy (non-hydrogen) atoms. The Morgan fingerprint density at radius 3 is 2.33 bits per heavy atom.